The second kappa shape index (κ2) is 3.81. The molecule has 0 saturated carbocycles. The number of para-hydroxylation sites is 1. The van der Waals surface area contributed by atoms with Gasteiger partial charge < -0.3 is 9.52 Å². The third kappa shape index (κ3) is 1.69. The van der Waals surface area contributed by atoms with Gasteiger partial charge in [0.1, 0.15) is 5.58 Å². The Kier molecular flexibility index (Phi) is 2.48. The Balaban J connectivity index is 2.69. The summed E-state index contributed by atoms with van der Waals surface area (Å²) in [5, 5.41) is 9.49. The first-order valence-corrected chi connectivity index (χ1v) is 4.82. The number of carboxylic acids is 1. The van der Waals surface area contributed by atoms with Crippen molar-refractivity contribution in [2.24, 2.45) is 0 Å². The lowest BCUT2D eigenvalue weighted by Gasteiger charge is -1.95. The molecule has 2 aromatic rings. The van der Waals surface area contributed by atoms with Gasteiger partial charge in [-0.05, 0) is 6.07 Å². The predicted octanol–water partition coefficient (Wildman–Crippen LogP) is 2.26. The van der Waals surface area contributed by atoms with Crippen LogP contribution in [0, 0.1) is 0 Å². The van der Waals surface area contributed by atoms with Crippen molar-refractivity contribution in [2.45, 2.75) is 13.3 Å². The highest BCUT2D eigenvalue weighted by atomic mass is 16.4. The molecule has 1 N–H and O–H groups in total. The van der Waals surface area contributed by atoms with E-state index in [1.807, 2.05) is 0 Å². The zero-order valence-electron chi connectivity index (χ0n) is 8.69. The first-order valence-electron chi connectivity index (χ1n) is 4.82. The Labute approximate surface area is 91.5 Å². The molecule has 0 aliphatic carbocycles. The lowest BCUT2D eigenvalue weighted by atomic mass is 10.1. The molecule has 0 aliphatic heterocycles. The molecule has 4 nitrogen and oxygen atoms in total. The number of hydrogen-bond acceptors (Lipinski definition) is 3. The van der Waals surface area contributed by atoms with E-state index in [0.717, 1.165) is 0 Å². The molecule has 16 heavy (non-hydrogen) atoms. The monoisotopic (exact) mass is 218 g/mol. The Morgan fingerprint density at radius 2 is 2.00 bits per heavy atom. The Bertz CT molecular complexity index is 565. The third-order valence-corrected chi connectivity index (χ3v) is 2.35. The van der Waals surface area contributed by atoms with Gasteiger partial charge in [0.25, 0.3) is 0 Å². The first kappa shape index (κ1) is 10.4. The number of Topliss-reactive ketones (excluding diaryl/α,β-unsaturated/α-hetero) is 1. The maximum absolute atomic E-state index is 11.3. The van der Waals surface area contributed by atoms with E-state index < -0.39 is 5.97 Å². The predicted molar refractivity (Wildman–Crippen MR) is 57.6 cm³/mol. The molecule has 82 valence electrons. The third-order valence-electron chi connectivity index (χ3n) is 2.35. The average Bonchev–Trinajstić information content (AvgIpc) is 2.57. The average molecular weight is 218 g/mol. The van der Waals surface area contributed by atoms with E-state index in [1.54, 1.807) is 24.3 Å². The summed E-state index contributed by atoms with van der Waals surface area (Å²) in [6.45, 7) is 1.36. The van der Waals surface area contributed by atoms with Gasteiger partial charge in [-0.15, -0.1) is 0 Å². The smallest absolute Gasteiger partial charge is 0.307 e. The van der Waals surface area contributed by atoms with Gasteiger partial charge in [0, 0.05) is 17.9 Å². The van der Waals surface area contributed by atoms with E-state index >= 15 is 0 Å². The molecule has 0 radical (unpaired) electrons. The number of carboxylic acid groups (broad SMARTS) is 1. The molecule has 0 fully saturated rings. The molecule has 0 atom stereocenters. The molecule has 2 rings (SSSR count). The highest BCUT2D eigenvalue weighted by Crippen LogP contribution is 2.26. The number of benzene rings is 1. The van der Waals surface area contributed by atoms with Crippen LogP contribution in [0.5, 0.6) is 0 Å². The summed E-state index contributed by atoms with van der Waals surface area (Å²) < 4.78 is 5.35. The quantitative estimate of drug-likeness (QED) is 0.802. The number of hydrogen-bond donors (Lipinski definition) is 1. The Morgan fingerprint density at radius 3 is 2.62 bits per heavy atom. The van der Waals surface area contributed by atoms with Crippen LogP contribution in [0.15, 0.2) is 28.7 Å². The van der Waals surface area contributed by atoms with Crippen molar-refractivity contribution in [1.29, 1.82) is 0 Å². The zero-order chi connectivity index (χ0) is 11.7. The minimum Gasteiger partial charge on any atom is -0.481 e. The summed E-state index contributed by atoms with van der Waals surface area (Å²) in [7, 11) is 0. The first-order chi connectivity index (χ1) is 7.59. The normalized spacial score (nSPS) is 10.6. The van der Waals surface area contributed by atoms with Gasteiger partial charge in [0.05, 0.1) is 6.42 Å². The van der Waals surface area contributed by atoms with Crippen molar-refractivity contribution in [3.05, 3.63) is 35.6 Å². The van der Waals surface area contributed by atoms with Crippen molar-refractivity contribution in [2.75, 3.05) is 0 Å². The molecule has 0 amide bonds. The minimum atomic E-state index is -0.978. The Morgan fingerprint density at radius 1 is 1.31 bits per heavy atom. The number of furan rings is 1. The van der Waals surface area contributed by atoms with Crippen LogP contribution >= 0.6 is 0 Å². The van der Waals surface area contributed by atoms with Crippen LogP contribution in [0.1, 0.15) is 23.0 Å². The van der Waals surface area contributed by atoms with Crippen LogP contribution in [0.4, 0.5) is 0 Å². The number of carbonyl (C=O) groups is 2. The van der Waals surface area contributed by atoms with Gasteiger partial charge in [-0.25, -0.2) is 0 Å². The molecular formula is C12H10O4. The maximum atomic E-state index is 11.3. The molecule has 0 bridgehead atoms. The van der Waals surface area contributed by atoms with E-state index in [4.69, 9.17) is 9.52 Å². The van der Waals surface area contributed by atoms with E-state index in [9.17, 15) is 9.59 Å². The van der Waals surface area contributed by atoms with Crippen LogP contribution in [-0.4, -0.2) is 16.9 Å². The van der Waals surface area contributed by atoms with Crippen molar-refractivity contribution < 1.29 is 19.1 Å². The topological polar surface area (TPSA) is 67.5 Å². The van der Waals surface area contributed by atoms with E-state index in [2.05, 4.69) is 0 Å². The van der Waals surface area contributed by atoms with E-state index in [-0.39, 0.29) is 18.0 Å². The van der Waals surface area contributed by atoms with Crippen molar-refractivity contribution in [1.82, 2.24) is 0 Å². The second-order valence-electron chi connectivity index (χ2n) is 3.53. The van der Waals surface area contributed by atoms with Crippen LogP contribution < -0.4 is 0 Å². The van der Waals surface area contributed by atoms with E-state index in [1.165, 1.54) is 6.92 Å². The summed E-state index contributed by atoms with van der Waals surface area (Å²) in [6, 6.07) is 7.03. The van der Waals surface area contributed by atoms with Gasteiger partial charge in [-0.3, -0.25) is 9.59 Å². The van der Waals surface area contributed by atoms with Crippen LogP contribution in [0.3, 0.4) is 0 Å². The van der Waals surface area contributed by atoms with Crippen molar-refractivity contribution >= 4 is 22.7 Å². The fraction of sp³-hybridized carbons (Fsp3) is 0.167. The van der Waals surface area contributed by atoms with Gasteiger partial charge in [-0.1, -0.05) is 18.2 Å². The largest absolute Gasteiger partial charge is 0.481 e. The van der Waals surface area contributed by atoms with E-state index in [0.29, 0.717) is 16.5 Å². The summed E-state index contributed by atoms with van der Waals surface area (Å²) in [4.78, 5) is 22.1. The number of carbonyl (C=O) groups excluding carboxylic acids is 1. The maximum Gasteiger partial charge on any atom is 0.307 e. The number of aliphatic carboxylic acids is 1. The molecule has 0 unspecified atom stereocenters. The fourth-order valence-corrected chi connectivity index (χ4v) is 1.71. The summed E-state index contributed by atoms with van der Waals surface area (Å²) in [6.07, 6.45) is -0.202. The summed E-state index contributed by atoms with van der Waals surface area (Å²) in [5.41, 5.74) is 1.000. The van der Waals surface area contributed by atoms with Gasteiger partial charge >= 0.3 is 5.97 Å². The number of fused-ring (bicyclic) bond motifs is 1. The number of rotatable bonds is 3. The van der Waals surface area contributed by atoms with Crippen molar-refractivity contribution in [3.63, 3.8) is 0 Å². The zero-order valence-corrected chi connectivity index (χ0v) is 8.69. The molecule has 1 aromatic heterocycles. The molecule has 0 aliphatic rings. The van der Waals surface area contributed by atoms with Crippen LogP contribution in [0.25, 0.3) is 11.0 Å². The van der Waals surface area contributed by atoms with Crippen LogP contribution in [-0.2, 0) is 11.2 Å². The lowest BCUT2D eigenvalue weighted by molar-refractivity contribution is -0.136. The lowest BCUT2D eigenvalue weighted by Crippen LogP contribution is -2.04. The van der Waals surface area contributed by atoms with Gasteiger partial charge in [0.15, 0.2) is 11.5 Å². The fourth-order valence-electron chi connectivity index (χ4n) is 1.71. The summed E-state index contributed by atoms with van der Waals surface area (Å²) >= 11 is 0. The Hall–Kier alpha value is -2.10. The van der Waals surface area contributed by atoms with Gasteiger partial charge in [0.2, 0.25) is 0 Å². The highest BCUT2D eigenvalue weighted by molar-refractivity contribution is 6.00. The minimum absolute atomic E-state index is 0.142. The van der Waals surface area contributed by atoms with Crippen LogP contribution in [0.2, 0.25) is 0 Å². The molecule has 0 spiro atoms. The molecule has 0 saturated heterocycles. The van der Waals surface area contributed by atoms with Crippen molar-refractivity contribution in [3.8, 4) is 0 Å². The molecular weight excluding hydrogens is 208 g/mol. The SMILES string of the molecule is CC(=O)c1oc2ccccc2c1CC(=O)O. The molecule has 1 aromatic carbocycles. The molecule has 4 heteroatoms. The summed E-state index contributed by atoms with van der Waals surface area (Å²) in [5.74, 6) is -1.09. The second-order valence-corrected chi connectivity index (χ2v) is 3.53. The highest BCUT2D eigenvalue weighted by Gasteiger charge is 2.19. The van der Waals surface area contributed by atoms with Gasteiger partial charge in [-0.2, -0.15) is 0 Å². The number of ketones is 1. The molecule has 1 heterocycles. The standard InChI is InChI=1S/C12H10O4/c1-7(13)12-9(6-11(14)15)8-4-2-3-5-10(8)16-12/h2-5H,6H2,1H3,(H,14,15).